The molecule has 2 aromatic rings. The molecular weight excluding hydrogens is 370 g/mol. The van der Waals surface area contributed by atoms with Crippen LogP contribution >= 0.6 is 0 Å². The molecule has 2 unspecified atom stereocenters. The lowest BCUT2D eigenvalue weighted by atomic mass is 9.90. The van der Waals surface area contributed by atoms with E-state index in [-0.39, 0.29) is 6.04 Å². The number of methoxy groups -OCH3 is 2. The van der Waals surface area contributed by atoms with Crippen LogP contribution in [0.3, 0.4) is 0 Å². The van der Waals surface area contributed by atoms with Gasteiger partial charge >= 0.3 is 5.97 Å². The van der Waals surface area contributed by atoms with Crippen LogP contribution in [-0.2, 0) is 4.79 Å². The lowest BCUT2D eigenvalue weighted by molar-refractivity contribution is -0.143. The highest BCUT2D eigenvalue weighted by atomic mass is 16.5. The molecule has 6 nitrogen and oxygen atoms in total. The first-order valence-corrected chi connectivity index (χ1v) is 10.00. The molecule has 0 amide bonds. The number of aliphatic carboxylic acids is 1. The maximum Gasteiger partial charge on any atom is 0.307 e. The van der Waals surface area contributed by atoms with Crippen molar-refractivity contribution < 1.29 is 24.1 Å². The summed E-state index contributed by atoms with van der Waals surface area (Å²) in [4.78, 5) is 13.9. The SMILES string of the molecule is CCOc1ccccc1C(c1c(OC)cccc1OC)N1CCCC(C(=O)O)C1. The largest absolute Gasteiger partial charge is 0.496 e. The molecule has 0 aromatic heterocycles. The molecule has 1 heterocycles. The first-order valence-electron chi connectivity index (χ1n) is 10.00. The van der Waals surface area contributed by atoms with Gasteiger partial charge in [-0.05, 0) is 44.5 Å². The number of ether oxygens (including phenoxy) is 3. The van der Waals surface area contributed by atoms with Gasteiger partial charge in [-0.2, -0.15) is 0 Å². The van der Waals surface area contributed by atoms with E-state index in [1.165, 1.54) is 0 Å². The molecule has 156 valence electrons. The standard InChI is InChI=1S/C23H29NO5/c1-4-29-18-11-6-5-10-17(18)22(24-14-8-9-16(15-24)23(25)26)21-19(27-2)12-7-13-20(21)28-3/h5-7,10-13,16,22H,4,8-9,14-15H2,1-3H3,(H,25,26). The first kappa shape index (κ1) is 21.0. The zero-order valence-electron chi connectivity index (χ0n) is 17.3. The van der Waals surface area contributed by atoms with Gasteiger partial charge in [0.25, 0.3) is 0 Å². The molecule has 1 N–H and O–H groups in total. The van der Waals surface area contributed by atoms with Crippen LogP contribution in [0.25, 0.3) is 0 Å². The van der Waals surface area contributed by atoms with Gasteiger partial charge in [0.2, 0.25) is 0 Å². The number of piperidine rings is 1. The molecule has 2 aromatic carbocycles. The molecule has 1 aliphatic rings. The molecule has 3 rings (SSSR count). The van der Waals surface area contributed by atoms with Crippen LogP contribution in [0.1, 0.15) is 36.9 Å². The number of hydrogen-bond acceptors (Lipinski definition) is 5. The van der Waals surface area contributed by atoms with Crippen molar-refractivity contribution in [1.82, 2.24) is 4.90 Å². The fraction of sp³-hybridized carbons (Fsp3) is 0.435. The van der Waals surface area contributed by atoms with Crippen LogP contribution in [0.4, 0.5) is 0 Å². The Hall–Kier alpha value is -2.73. The highest BCUT2D eigenvalue weighted by Gasteiger charge is 2.35. The van der Waals surface area contributed by atoms with Crippen molar-refractivity contribution in [3.8, 4) is 17.2 Å². The monoisotopic (exact) mass is 399 g/mol. The minimum absolute atomic E-state index is 0.244. The smallest absolute Gasteiger partial charge is 0.307 e. The van der Waals surface area contributed by atoms with Crippen LogP contribution in [0.15, 0.2) is 42.5 Å². The molecule has 1 aliphatic heterocycles. The minimum Gasteiger partial charge on any atom is -0.496 e. The third-order valence-electron chi connectivity index (χ3n) is 5.42. The summed E-state index contributed by atoms with van der Waals surface area (Å²) in [6.07, 6.45) is 1.51. The molecule has 2 atom stereocenters. The second-order valence-corrected chi connectivity index (χ2v) is 7.12. The van der Waals surface area contributed by atoms with Crippen LogP contribution in [-0.4, -0.2) is 49.9 Å². The Balaban J connectivity index is 2.17. The Morgan fingerprint density at radius 3 is 2.38 bits per heavy atom. The summed E-state index contributed by atoms with van der Waals surface area (Å²) in [7, 11) is 3.28. The predicted octanol–water partition coefficient (Wildman–Crippen LogP) is 3.99. The molecular formula is C23H29NO5. The van der Waals surface area contributed by atoms with E-state index in [4.69, 9.17) is 14.2 Å². The fourth-order valence-corrected chi connectivity index (χ4v) is 4.12. The van der Waals surface area contributed by atoms with Gasteiger partial charge in [-0.15, -0.1) is 0 Å². The molecule has 0 spiro atoms. The average molecular weight is 399 g/mol. The van der Waals surface area contributed by atoms with E-state index in [0.717, 1.165) is 29.8 Å². The molecule has 6 heteroatoms. The van der Waals surface area contributed by atoms with E-state index >= 15 is 0 Å². The minimum atomic E-state index is -0.751. The van der Waals surface area contributed by atoms with Crippen LogP contribution in [0.5, 0.6) is 17.2 Å². The third-order valence-corrected chi connectivity index (χ3v) is 5.42. The second kappa shape index (κ2) is 9.65. The number of likely N-dealkylation sites (tertiary alicyclic amines) is 1. The van der Waals surface area contributed by atoms with Gasteiger partial charge < -0.3 is 19.3 Å². The Morgan fingerprint density at radius 2 is 1.76 bits per heavy atom. The van der Waals surface area contributed by atoms with Crippen LogP contribution < -0.4 is 14.2 Å². The summed E-state index contributed by atoms with van der Waals surface area (Å²) >= 11 is 0. The van der Waals surface area contributed by atoms with E-state index < -0.39 is 11.9 Å². The summed E-state index contributed by atoms with van der Waals surface area (Å²) < 4.78 is 17.3. The van der Waals surface area contributed by atoms with Crippen molar-refractivity contribution in [2.45, 2.75) is 25.8 Å². The van der Waals surface area contributed by atoms with Gasteiger partial charge in [-0.25, -0.2) is 0 Å². The quantitative estimate of drug-likeness (QED) is 0.724. The molecule has 0 saturated carbocycles. The number of rotatable bonds is 8. The average Bonchev–Trinajstić information content (AvgIpc) is 2.75. The number of nitrogens with zero attached hydrogens (tertiary/aromatic N) is 1. The molecule has 0 radical (unpaired) electrons. The third kappa shape index (κ3) is 4.48. The summed E-state index contributed by atoms with van der Waals surface area (Å²) in [6, 6.07) is 13.4. The Morgan fingerprint density at radius 1 is 1.10 bits per heavy atom. The fourth-order valence-electron chi connectivity index (χ4n) is 4.12. The lowest BCUT2D eigenvalue weighted by Gasteiger charge is -2.38. The number of carbonyl (C=O) groups is 1. The van der Waals surface area contributed by atoms with Crippen molar-refractivity contribution in [3.05, 3.63) is 53.6 Å². The van der Waals surface area contributed by atoms with Crippen molar-refractivity contribution in [3.63, 3.8) is 0 Å². The van der Waals surface area contributed by atoms with Gasteiger partial charge in [0.15, 0.2) is 0 Å². The normalized spacial score (nSPS) is 18.1. The van der Waals surface area contributed by atoms with Crippen molar-refractivity contribution in [2.24, 2.45) is 5.92 Å². The number of benzene rings is 2. The van der Waals surface area contributed by atoms with Gasteiger partial charge in [-0.3, -0.25) is 9.69 Å². The maximum atomic E-state index is 11.7. The van der Waals surface area contributed by atoms with Gasteiger partial charge in [0, 0.05) is 12.1 Å². The Kier molecular flexibility index (Phi) is 6.99. The molecule has 0 aliphatic carbocycles. The Labute approximate surface area is 172 Å². The van der Waals surface area contributed by atoms with E-state index in [2.05, 4.69) is 4.90 Å². The van der Waals surface area contributed by atoms with E-state index in [1.807, 2.05) is 49.4 Å². The van der Waals surface area contributed by atoms with E-state index in [9.17, 15) is 9.90 Å². The molecule has 0 bridgehead atoms. The van der Waals surface area contributed by atoms with Crippen LogP contribution in [0, 0.1) is 5.92 Å². The zero-order chi connectivity index (χ0) is 20.8. The molecule has 1 fully saturated rings. The summed E-state index contributed by atoms with van der Waals surface area (Å²) in [5, 5.41) is 9.62. The summed E-state index contributed by atoms with van der Waals surface area (Å²) in [6.45, 7) is 3.75. The highest BCUT2D eigenvalue weighted by molar-refractivity contribution is 5.70. The van der Waals surface area contributed by atoms with Gasteiger partial charge in [0.05, 0.1) is 38.3 Å². The topological polar surface area (TPSA) is 68.2 Å². The summed E-state index contributed by atoms with van der Waals surface area (Å²) in [5.41, 5.74) is 1.86. The number of para-hydroxylation sites is 1. The first-order chi connectivity index (χ1) is 14.1. The number of carboxylic acids is 1. The zero-order valence-corrected chi connectivity index (χ0v) is 17.3. The maximum absolute atomic E-state index is 11.7. The lowest BCUT2D eigenvalue weighted by Crippen LogP contribution is -2.41. The number of carboxylic acid groups (broad SMARTS) is 1. The van der Waals surface area contributed by atoms with Gasteiger partial charge in [0.1, 0.15) is 17.2 Å². The van der Waals surface area contributed by atoms with Crippen molar-refractivity contribution in [2.75, 3.05) is 33.9 Å². The number of hydrogen-bond donors (Lipinski definition) is 1. The molecule has 1 saturated heterocycles. The predicted molar refractivity (Wildman–Crippen MR) is 111 cm³/mol. The van der Waals surface area contributed by atoms with Crippen molar-refractivity contribution >= 4 is 5.97 Å². The second-order valence-electron chi connectivity index (χ2n) is 7.12. The summed E-state index contributed by atoms with van der Waals surface area (Å²) in [5.74, 6) is 1.05. The van der Waals surface area contributed by atoms with E-state index in [0.29, 0.717) is 31.1 Å². The van der Waals surface area contributed by atoms with E-state index in [1.54, 1.807) is 14.2 Å². The van der Waals surface area contributed by atoms with Crippen LogP contribution in [0.2, 0.25) is 0 Å². The Bertz CT molecular complexity index is 816. The van der Waals surface area contributed by atoms with Gasteiger partial charge in [-0.1, -0.05) is 24.3 Å². The molecule has 29 heavy (non-hydrogen) atoms. The van der Waals surface area contributed by atoms with Crippen molar-refractivity contribution in [1.29, 1.82) is 0 Å². The highest BCUT2D eigenvalue weighted by Crippen LogP contribution is 2.44.